The zero-order chi connectivity index (χ0) is 20.0. The van der Waals surface area contributed by atoms with Crippen LogP contribution in [0.2, 0.25) is 5.15 Å². The van der Waals surface area contributed by atoms with Gasteiger partial charge in [-0.05, 0) is 48.5 Å². The normalized spacial score (nSPS) is 12.4. The van der Waals surface area contributed by atoms with Gasteiger partial charge in [0.2, 0.25) is 0 Å². The molecule has 0 unspecified atom stereocenters. The summed E-state index contributed by atoms with van der Waals surface area (Å²) in [5.74, 6) is -0.712. The molecule has 0 saturated carbocycles. The molecule has 0 aliphatic carbocycles. The summed E-state index contributed by atoms with van der Waals surface area (Å²) in [5.41, 5.74) is -0.911. The zero-order valence-electron chi connectivity index (χ0n) is 13.6. The van der Waals surface area contributed by atoms with E-state index in [4.69, 9.17) is 11.6 Å². The largest absolute Gasteiger partial charge is 0.436 e. The zero-order valence-corrected chi connectivity index (χ0v) is 15.2. The Labute approximate surface area is 157 Å². The lowest BCUT2D eigenvalue weighted by Gasteiger charge is -2.10. The topological polar surface area (TPSA) is 52.0 Å². The SMILES string of the molecule is CS(=O)(=O)c1ccc(-n2c(-c3ccc(F)cc3)nc(C(F)(F)F)c2Cl)cc1. The van der Waals surface area contributed by atoms with Crippen molar-refractivity contribution in [2.75, 3.05) is 6.26 Å². The summed E-state index contributed by atoms with van der Waals surface area (Å²) in [5, 5.41) is -0.686. The van der Waals surface area contributed by atoms with Crippen LogP contribution in [-0.4, -0.2) is 24.2 Å². The van der Waals surface area contributed by atoms with Gasteiger partial charge in [-0.15, -0.1) is 0 Å². The van der Waals surface area contributed by atoms with Crippen molar-refractivity contribution in [1.82, 2.24) is 9.55 Å². The molecule has 0 fully saturated rings. The molecule has 0 aliphatic heterocycles. The number of rotatable bonds is 3. The Morgan fingerprint density at radius 1 is 1.00 bits per heavy atom. The molecule has 2 aromatic carbocycles. The van der Waals surface area contributed by atoms with E-state index in [9.17, 15) is 26.0 Å². The summed E-state index contributed by atoms with van der Waals surface area (Å²) >= 11 is 5.95. The highest BCUT2D eigenvalue weighted by Gasteiger charge is 2.39. The van der Waals surface area contributed by atoms with E-state index in [-0.39, 0.29) is 22.0 Å². The fourth-order valence-electron chi connectivity index (χ4n) is 2.45. The number of benzene rings is 2. The van der Waals surface area contributed by atoms with Gasteiger partial charge < -0.3 is 0 Å². The minimum absolute atomic E-state index is 0.00173. The molecule has 0 atom stereocenters. The minimum atomic E-state index is -4.80. The van der Waals surface area contributed by atoms with Crippen molar-refractivity contribution in [3.05, 3.63) is 65.2 Å². The molecule has 1 heterocycles. The minimum Gasteiger partial charge on any atom is -0.283 e. The van der Waals surface area contributed by atoms with Gasteiger partial charge in [0.05, 0.1) is 4.90 Å². The molecular formula is C17H11ClF4N2O2S. The van der Waals surface area contributed by atoms with Gasteiger partial charge in [-0.1, -0.05) is 11.6 Å². The molecule has 0 spiro atoms. The molecule has 10 heteroatoms. The van der Waals surface area contributed by atoms with Gasteiger partial charge in [0.15, 0.2) is 15.5 Å². The van der Waals surface area contributed by atoms with Crippen LogP contribution in [-0.2, 0) is 16.0 Å². The van der Waals surface area contributed by atoms with Crippen molar-refractivity contribution in [3.63, 3.8) is 0 Å². The fraction of sp³-hybridized carbons (Fsp3) is 0.118. The number of hydrogen-bond acceptors (Lipinski definition) is 3. The van der Waals surface area contributed by atoms with Crippen LogP contribution in [0.4, 0.5) is 17.6 Å². The molecule has 0 aliphatic rings. The highest BCUT2D eigenvalue weighted by molar-refractivity contribution is 7.90. The Morgan fingerprint density at radius 3 is 2.04 bits per heavy atom. The van der Waals surface area contributed by atoms with Crippen molar-refractivity contribution < 1.29 is 26.0 Å². The molecule has 0 saturated heterocycles. The molecule has 3 rings (SSSR count). The summed E-state index contributed by atoms with van der Waals surface area (Å²) in [6.07, 6.45) is -3.79. The maximum absolute atomic E-state index is 13.3. The number of aromatic nitrogens is 2. The Balaban J connectivity index is 2.24. The lowest BCUT2D eigenvalue weighted by molar-refractivity contribution is -0.140. The Bertz CT molecular complexity index is 1090. The van der Waals surface area contributed by atoms with Crippen LogP contribution >= 0.6 is 11.6 Å². The smallest absolute Gasteiger partial charge is 0.283 e. The molecule has 27 heavy (non-hydrogen) atoms. The van der Waals surface area contributed by atoms with Crippen LogP contribution in [0.1, 0.15) is 5.69 Å². The summed E-state index contributed by atoms with van der Waals surface area (Å²) in [7, 11) is -3.48. The van der Waals surface area contributed by atoms with E-state index in [1.807, 2.05) is 0 Å². The van der Waals surface area contributed by atoms with Crippen LogP contribution in [0.3, 0.4) is 0 Å². The van der Waals surface area contributed by atoms with Gasteiger partial charge in [-0.2, -0.15) is 13.2 Å². The van der Waals surface area contributed by atoms with Crippen molar-refractivity contribution in [3.8, 4) is 17.1 Å². The number of imidazole rings is 1. The first-order chi connectivity index (χ1) is 12.5. The van der Waals surface area contributed by atoms with E-state index in [1.54, 1.807) is 0 Å². The number of nitrogens with zero attached hydrogens (tertiary/aromatic N) is 2. The van der Waals surface area contributed by atoms with Gasteiger partial charge >= 0.3 is 6.18 Å². The Kier molecular flexibility index (Phi) is 4.77. The summed E-state index contributed by atoms with van der Waals surface area (Å²) in [6, 6.07) is 9.86. The van der Waals surface area contributed by atoms with Crippen LogP contribution in [0.5, 0.6) is 0 Å². The van der Waals surface area contributed by atoms with Gasteiger partial charge in [0.1, 0.15) is 16.8 Å². The third-order valence-corrected chi connectivity index (χ3v) is 5.19. The van der Waals surface area contributed by atoms with Crippen LogP contribution in [0.25, 0.3) is 17.1 Å². The number of sulfone groups is 1. The molecule has 3 aromatic rings. The first-order valence-electron chi connectivity index (χ1n) is 7.40. The van der Waals surface area contributed by atoms with Crippen molar-refractivity contribution >= 4 is 21.4 Å². The Hall–Kier alpha value is -2.39. The lowest BCUT2D eigenvalue weighted by Crippen LogP contribution is -2.06. The fourth-order valence-corrected chi connectivity index (χ4v) is 3.41. The van der Waals surface area contributed by atoms with Crippen LogP contribution in [0.15, 0.2) is 53.4 Å². The number of hydrogen-bond donors (Lipinski definition) is 0. The molecule has 0 bridgehead atoms. The average Bonchev–Trinajstić information content (AvgIpc) is 2.92. The third-order valence-electron chi connectivity index (χ3n) is 3.72. The molecular weight excluding hydrogens is 408 g/mol. The van der Waals surface area contributed by atoms with Gasteiger partial charge in [-0.25, -0.2) is 17.8 Å². The second-order valence-electron chi connectivity index (χ2n) is 5.68. The van der Waals surface area contributed by atoms with Crippen molar-refractivity contribution in [2.45, 2.75) is 11.1 Å². The number of halogens is 5. The van der Waals surface area contributed by atoms with Gasteiger partial charge in [-0.3, -0.25) is 4.57 Å². The molecule has 0 radical (unpaired) electrons. The average molecular weight is 419 g/mol. The van der Waals surface area contributed by atoms with Gasteiger partial charge in [0, 0.05) is 17.5 Å². The second kappa shape index (κ2) is 6.65. The first kappa shape index (κ1) is 19.4. The summed E-state index contributed by atoms with van der Waals surface area (Å²) in [4.78, 5) is 3.60. The predicted molar refractivity (Wildman–Crippen MR) is 92.1 cm³/mol. The molecule has 0 amide bonds. The molecule has 142 valence electrons. The van der Waals surface area contributed by atoms with E-state index < -0.39 is 32.7 Å². The quantitative estimate of drug-likeness (QED) is 0.576. The second-order valence-corrected chi connectivity index (χ2v) is 8.05. The standard InChI is InChI=1S/C17H11ClF4N2O2S/c1-27(25,26)13-8-6-12(7-9-13)24-15(18)14(17(20,21)22)23-16(24)10-2-4-11(19)5-3-10/h2-9H,1H3. The maximum Gasteiger partial charge on any atom is 0.436 e. The monoisotopic (exact) mass is 418 g/mol. The van der Waals surface area contributed by atoms with Crippen LogP contribution in [0, 0.1) is 5.82 Å². The van der Waals surface area contributed by atoms with Gasteiger partial charge in [0.25, 0.3) is 0 Å². The van der Waals surface area contributed by atoms with E-state index in [2.05, 4.69) is 4.98 Å². The first-order valence-corrected chi connectivity index (χ1v) is 9.67. The van der Waals surface area contributed by atoms with E-state index in [1.165, 1.54) is 36.4 Å². The van der Waals surface area contributed by atoms with E-state index >= 15 is 0 Å². The molecule has 0 N–H and O–H groups in total. The van der Waals surface area contributed by atoms with Crippen molar-refractivity contribution in [1.29, 1.82) is 0 Å². The Morgan fingerprint density at radius 2 is 1.56 bits per heavy atom. The van der Waals surface area contributed by atoms with Crippen molar-refractivity contribution in [2.24, 2.45) is 0 Å². The maximum atomic E-state index is 13.3. The highest BCUT2D eigenvalue weighted by atomic mass is 35.5. The van der Waals surface area contributed by atoms with Crippen LogP contribution < -0.4 is 0 Å². The summed E-state index contributed by atoms with van der Waals surface area (Å²) < 4.78 is 77.1. The third kappa shape index (κ3) is 3.84. The molecule has 1 aromatic heterocycles. The summed E-state index contributed by atoms with van der Waals surface area (Å²) in [6.45, 7) is 0. The molecule has 4 nitrogen and oxygen atoms in total. The number of alkyl halides is 3. The van der Waals surface area contributed by atoms with E-state index in [0.29, 0.717) is 0 Å². The highest BCUT2D eigenvalue weighted by Crippen LogP contribution is 2.38. The lowest BCUT2D eigenvalue weighted by atomic mass is 10.2. The van der Waals surface area contributed by atoms with E-state index in [0.717, 1.165) is 23.0 Å². The predicted octanol–water partition coefficient (Wildman–Crippen LogP) is 4.75.